The van der Waals surface area contributed by atoms with Crippen molar-refractivity contribution < 1.29 is 23.9 Å². The highest BCUT2D eigenvalue weighted by Gasteiger charge is 2.20. The normalized spacial score (nSPS) is 11.1. The number of rotatable bonds is 4. The lowest BCUT2D eigenvalue weighted by Gasteiger charge is -2.17. The van der Waals surface area contributed by atoms with E-state index in [1.54, 1.807) is 20.8 Å². The molecule has 0 unspecified atom stereocenters. The largest absolute Gasteiger partial charge is 0.466 e. The second-order valence-electron chi connectivity index (χ2n) is 4.22. The molecule has 0 atom stereocenters. The van der Waals surface area contributed by atoms with Crippen LogP contribution < -0.4 is 5.32 Å². The fourth-order valence-electron chi connectivity index (χ4n) is 0.690. The molecule has 0 aliphatic carbocycles. The number of hydrogen-bond donors (Lipinski definition) is 1. The van der Waals surface area contributed by atoms with Gasteiger partial charge in [0.15, 0.2) is 6.73 Å². The van der Waals surface area contributed by atoms with E-state index in [9.17, 15) is 14.4 Å². The maximum atomic E-state index is 11.4. The maximum Gasteiger partial charge on any atom is 0.332 e. The number of carbonyl (C=O) groups is 3. The molecule has 6 nitrogen and oxygen atoms in total. The highest BCUT2D eigenvalue weighted by molar-refractivity contribution is 5.91. The van der Waals surface area contributed by atoms with E-state index in [0.29, 0.717) is 0 Å². The van der Waals surface area contributed by atoms with Gasteiger partial charge in [0.2, 0.25) is 5.91 Å². The molecule has 0 spiro atoms. The third kappa shape index (κ3) is 7.10. The minimum absolute atomic E-state index is 0.234. The van der Waals surface area contributed by atoms with Crippen LogP contribution in [0.25, 0.3) is 0 Å². The molecular formula is C11H17NO5. The smallest absolute Gasteiger partial charge is 0.332 e. The van der Waals surface area contributed by atoms with E-state index < -0.39 is 17.4 Å². The molecule has 0 fully saturated rings. The summed E-state index contributed by atoms with van der Waals surface area (Å²) in [5.74, 6) is -1.62. The quantitative estimate of drug-likeness (QED) is 0.438. The molecule has 17 heavy (non-hydrogen) atoms. The molecule has 1 amide bonds. The van der Waals surface area contributed by atoms with Crippen LogP contribution in [0.15, 0.2) is 12.2 Å². The van der Waals surface area contributed by atoms with Crippen LogP contribution in [0.5, 0.6) is 0 Å². The third-order valence-electron chi connectivity index (χ3n) is 1.69. The molecule has 0 aromatic heterocycles. The van der Waals surface area contributed by atoms with Crippen LogP contribution in [0, 0.1) is 5.41 Å². The molecule has 0 bridgehead atoms. The second-order valence-corrected chi connectivity index (χ2v) is 4.22. The second kappa shape index (κ2) is 6.67. The number of carbonyl (C=O) groups excluding carboxylic acids is 3. The predicted molar refractivity (Wildman–Crippen MR) is 59.7 cm³/mol. The maximum absolute atomic E-state index is 11.4. The summed E-state index contributed by atoms with van der Waals surface area (Å²) in [5, 5.41) is 2.42. The molecule has 6 heteroatoms. The van der Waals surface area contributed by atoms with Crippen LogP contribution in [0.4, 0.5) is 0 Å². The molecule has 0 aliphatic rings. The Morgan fingerprint density at radius 1 is 1.12 bits per heavy atom. The van der Waals surface area contributed by atoms with Gasteiger partial charge in [0, 0.05) is 17.6 Å². The van der Waals surface area contributed by atoms with E-state index in [0.717, 1.165) is 12.2 Å². The van der Waals surface area contributed by atoms with Crippen LogP contribution in [-0.2, 0) is 23.9 Å². The van der Waals surface area contributed by atoms with Crippen molar-refractivity contribution in [3.05, 3.63) is 12.2 Å². The Labute approximate surface area is 100.0 Å². The van der Waals surface area contributed by atoms with Crippen LogP contribution in [0.1, 0.15) is 20.8 Å². The molecule has 0 aromatic rings. The van der Waals surface area contributed by atoms with Crippen LogP contribution in [0.3, 0.4) is 0 Å². The zero-order valence-electron chi connectivity index (χ0n) is 10.4. The van der Waals surface area contributed by atoms with Gasteiger partial charge in [0.05, 0.1) is 7.11 Å². The molecular weight excluding hydrogens is 226 g/mol. The molecule has 0 heterocycles. The molecule has 0 radical (unpaired) electrons. The Morgan fingerprint density at radius 2 is 1.65 bits per heavy atom. The zero-order chi connectivity index (χ0) is 13.5. The van der Waals surface area contributed by atoms with Gasteiger partial charge in [-0.3, -0.25) is 4.79 Å². The van der Waals surface area contributed by atoms with Gasteiger partial charge in [-0.25, -0.2) is 9.59 Å². The Balaban J connectivity index is 3.91. The molecule has 0 rings (SSSR count). The van der Waals surface area contributed by atoms with E-state index in [1.807, 2.05) is 0 Å². The van der Waals surface area contributed by atoms with Crippen LogP contribution in [0.2, 0.25) is 0 Å². The topological polar surface area (TPSA) is 81.7 Å². The number of ether oxygens (including phenoxy) is 2. The summed E-state index contributed by atoms with van der Waals surface area (Å²) >= 11 is 0. The van der Waals surface area contributed by atoms with Crippen LogP contribution in [-0.4, -0.2) is 31.7 Å². The van der Waals surface area contributed by atoms with Gasteiger partial charge in [-0.05, 0) is 0 Å². The first-order valence-electron chi connectivity index (χ1n) is 4.98. The molecule has 0 saturated carbocycles. The first-order chi connectivity index (χ1) is 7.77. The average molecular weight is 243 g/mol. The predicted octanol–water partition coefficient (Wildman–Crippen LogP) is 0.379. The van der Waals surface area contributed by atoms with Gasteiger partial charge in [-0.1, -0.05) is 20.8 Å². The van der Waals surface area contributed by atoms with Crippen molar-refractivity contribution in [2.24, 2.45) is 5.41 Å². The monoisotopic (exact) mass is 243 g/mol. The number of esters is 2. The molecule has 0 saturated heterocycles. The SMILES string of the molecule is COC(=O)/C=C/C(=O)OCNC(=O)C(C)(C)C. The zero-order valence-corrected chi connectivity index (χ0v) is 10.4. The summed E-state index contributed by atoms with van der Waals surface area (Å²) in [5.41, 5.74) is -0.547. The van der Waals surface area contributed by atoms with Crippen LogP contribution >= 0.6 is 0 Å². The van der Waals surface area contributed by atoms with E-state index in [2.05, 4.69) is 14.8 Å². The summed E-state index contributed by atoms with van der Waals surface area (Å²) < 4.78 is 8.92. The molecule has 0 aliphatic heterocycles. The fourth-order valence-corrected chi connectivity index (χ4v) is 0.690. The lowest BCUT2D eigenvalue weighted by atomic mass is 9.96. The van der Waals surface area contributed by atoms with Crippen molar-refractivity contribution in [3.63, 3.8) is 0 Å². The Kier molecular flexibility index (Phi) is 5.95. The summed E-state index contributed by atoms with van der Waals surface area (Å²) in [4.78, 5) is 33.0. The minimum Gasteiger partial charge on any atom is -0.466 e. The van der Waals surface area contributed by atoms with Crippen molar-refractivity contribution in [1.82, 2.24) is 5.32 Å². The highest BCUT2D eigenvalue weighted by Crippen LogP contribution is 2.11. The van der Waals surface area contributed by atoms with Gasteiger partial charge < -0.3 is 14.8 Å². The Bertz CT molecular complexity index is 327. The van der Waals surface area contributed by atoms with Crippen molar-refractivity contribution in [1.29, 1.82) is 0 Å². The summed E-state index contributed by atoms with van der Waals surface area (Å²) in [6, 6.07) is 0. The van der Waals surface area contributed by atoms with Gasteiger partial charge in [-0.2, -0.15) is 0 Å². The minimum atomic E-state index is -0.732. The third-order valence-corrected chi connectivity index (χ3v) is 1.69. The van der Waals surface area contributed by atoms with Gasteiger partial charge in [0.25, 0.3) is 0 Å². The summed E-state index contributed by atoms with van der Waals surface area (Å²) in [7, 11) is 1.20. The highest BCUT2D eigenvalue weighted by atomic mass is 16.5. The van der Waals surface area contributed by atoms with Crippen molar-refractivity contribution in [2.45, 2.75) is 20.8 Å². The standard InChI is InChI=1S/C11H17NO5/c1-11(2,3)10(15)12-7-17-9(14)6-5-8(13)16-4/h5-6H,7H2,1-4H3,(H,12,15)/b6-5+. The molecule has 0 aromatic carbocycles. The number of amides is 1. The van der Waals surface area contributed by atoms with Gasteiger partial charge in [0.1, 0.15) is 0 Å². The van der Waals surface area contributed by atoms with Crippen molar-refractivity contribution in [2.75, 3.05) is 13.8 Å². The first kappa shape index (κ1) is 15.2. The van der Waals surface area contributed by atoms with Crippen molar-refractivity contribution >= 4 is 17.8 Å². The fraction of sp³-hybridized carbons (Fsp3) is 0.545. The number of hydrogen-bond acceptors (Lipinski definition) is 5. The molecule has 1 N–H and O–H groups in total. The summed E-state index contributed by atoms with van der Waals surface area (Å²) in [6.45, 7) is 4.98. The summed E-state index contributed by atoms with van der Waals surface area (Å²) in [6.07, 6.45) is 1.86. The Morgan fingerprint density at radius 3 is 2.12 bits per heavy atom. The lowest BCUT2D eigenvalue weighted by molar-refractivity contribution is -0.142. The van der Waals surface area contributed by atoms with E-state index in [-0.39, 0.29) is 12.6 Å². The van der Waals surface area contributed by atoms with Gasteiger partial charge in [-0.15, -0.1) is 0 Å². The Hall–Kier alpha value is -1.85. The number of nitrogens with one attached hydrogen (secondary N) is 1. The van der Waals surface area contributed by atoms with Crippen molar-refractivity contribution in [3.8, 4) is 0 Å². The average Bonchev–Trinajstić information content (AvgIpc) is 2.24. The van der Waals surface area contributed by atoms with E-state index >= 15 is 0 Å². The lowest BCUT2D eigenvalue weighted by Crippen LogP contribution is -2.36. The molecule has 96 valence electrons. The number of methoxy groups -OCH3 is 1. The van der Waals surface area contributed by atoms with Gasteiger partial charge >= 0.3 is 11.9 Å². The first-order valence-corrected chi connectivity index (χ1v) is 4.98. The van der Waals surface area contributed by atoms with E-state index in [4.69, 9.17) is 0 Å². The van der Waals surface area contributed by atoms with E-state index in [1.165, 1.54) is 7.11 Å².